The monoisotopic (exact) mass is 318 g/mol. The molecule has 0 fully saturated rings. The Morgan fingerprint density at radius 3 is 2.13 bits per heavy atom. The number of aromatic hydroxyl groups is 2. The Kier molecular flexibility index (Phi) is 10.3. The van der Waals surface area contributed by atoms with Crippen molar-refractivity contribution in [2.75, 3.05) is 0 Å². The van der Waals surface area contributed by atoms with E-state index >= 15 is 0 Å². The van der Waals surface area contributed by atoms with Gasteiger partial charge in [-0.3, -0.25) is 0 Å². The molecule has 1 atom stereocenters. The molecule has 0 aliphatic rings. The van der Waals surface area contributed by atoms with Crippen molar-refractivity contribution >= 4 is 0 Å². The second kappa shape index (κ2) is 12.0. The third-order valence-corrected chi connectivity index (χ3v) is 4.45. The largest absolute Gasteiger partial charge is 0.508 e. The first kappa shape index (κ1) is 19.6. The lowest BCUT2D eigenvalue weighted by atomic mass is 9.88. The fraction of sp³-hybridized carbons (Fsp3) is 0.619. The highest BCUT2D eigenvalue weighted by atomic mass is 16.3. The van der Waals surface area contributed by atoms with E-state index in [2.05, 4.69) is 26.0 Å². The van der Waals surface area contributed by atoms with Crippen molar-refractivity contribution in [2.24, 2.45) is 0 Å². The molecule has 1 aromatic rings. The maximum Gasteiger partial charge on any atom is 0.122 e. The van der Waals surface area contributed by atoms with Crippen molar-refractivity contribution < 1.29 is 10.2 Å². The zero-order valence-corrected chi connectivity index (χ0v) is 14.9. The molecule has 1 rings (SSSR count). The van der Waals surface area contributed by atoms with E-state index in [-0.39, 0.29) is 17.4 Å². The second-order valence-corrected chi connectivity index (χ2v) is 6.45. The number of hydrogen-bond donors (Lipinski definition) is 2. The second-order valence-electron chi connectivity index (χ2n) is 6.45. The van der Waals surface area contributed by atoms with Gasteiger partial charge < -0.3 is 10.2 Å². The summed E-state index contributed by atoms with van der Waals surface area (Å²) < 4.78 is 0. The van der Waals surface area contributed by atoms with Crippen LogP contribution in [-0.2, 0) is 0 Å². The van der Waals surface area contributed by atoms with Crippen LogP contribution in [0.2, 0.25) is 0 Å². The van der Waals surface area contributed by atoms with E-state index in [1.54, 1.807) is 18.2 Å². The Morgan fingerprint density at radius 1 is 0.826 bits per heavy atom. The SMILES string of the molecule is CCCCCC/C=C\CCC(CCCC)c1c(O)cccc1O. The molecule has 1 unspecified atom stereocenters. The zero-order valence-electron chi connectivity index (χ0n) is 14.9. The maximum absolute atomic E-state index is 10.1. The summed E-state index contributed by atoms with van der Waals surface area (Å²) in [5.74, 6) is 0.699. The summed E-state index contributed by atoms with van der Waals surface area (Å²) in [6.07, 6.45) is 16.2. The molecule has 0 aliphatic carbocycles. The van der Waals surface area contributed by atoms with Crippen molar-refractivity contribution in [3.05, 3.63) is 35.9 Å². The summed E-state index contributed by atoms with van der Waals surface area (Å²) in [6, 6.07) is 5.05. The number of benzene rings is 1. The van der Waals surface area contributed by atoms with Crippen LogP contribution in [0.4, 0.5) is 0 Å². The van der Waals surface area contributed by atoms with Gasteiger partial charge in [0, 0.05) is 5.56 Å². The predicted molar refractivity (Wildman–Crippen MR) is 99.2 cm³/mol. The number of phenols is 2. The number of hydrogen-bond acceptors (Lipinski definition) is 2. The summed E-state index contributed by atoms with van der Waals surface area (Å²) in [6.45, 7) is 4.42. The smallest absolute Gasteiger partial charge is 0.122 e. The fourth-order valence-electron chi connectivity index (χ4n) is 3.07. The number of rotatable bonds is 12. The third kappa shape index (κ3) is 7.58. The quantitative estimate of drug-likeness (QED) is 0.333. The molecule has 0 saturated carbocycles. The van der Waals surface area contributed by atoms with Crippen LogP contribution in [0.1, 0.15) is 89.5 Å². The molecular weight excluding hydrogens is 284 g/mol. The molecule has 1 aromatic carbocycles. The van der Waals surface area contributed by atoms with Gasteiger partial charge in [0.05, 0.1) is 0 Å². The van der Waals surface area contributed by atoms with Crippen molar-refractivity contribution in [1.82, 2.24) is 0 Å². The maximum atomic E-state index is 10.1. The molecule has 0 radical (unpaired) electrons. The summed E-state index contributed by atoms with van der Waals surface area (Å²) in [4.78, 5) is 0. The fourth-order valence-corrected chi connectivity index (χ4v) is 3.07. The van der Waals surface area contributed by atoms with Crippen LogP contribution in [0, 0.1) is 0 Å². The molecule has 0 aromatic heterocycles. The van der Waals surface area contributed by atoms with E-state index in [1.807, 2.05) is 0 Å². The molecule has 0 heterocycles. The van der Waals surface area contributed by atoms with Gasteiger partial charge in [-0.1, -0.05) is 64.2 Å². The average molecular weight is 319 g/mol. The van der Waals surface area contributed by atoms with Crippen LogP contribution in [0.15, 0.2) is 30.4 Å². The Balaban J connectivity index is 2.51. The first-order valence-corrected chi connectivity index (χ1v) is 9.36. The van der Waals surface area contributed by atoms with Crippen molar-refractivity contribution in [2.45, 2.75) is 84.0 Å². The predicted octanol–water partition coefficient (Wildman–Crippen LogP) is 6.68. The minimum absolute atomic E-state index is 0.231. The molecule has 23 heavy (non-hydrogen) atoms. The lowest BCUT2D eigenvalue weighted by Gasteiger charge is -2.19. The number of phenolic OH excluding ortho intramolecular Hbond substituents is 2. The van der Waals surface area contributed by atoms with Gasteiger partial charge in [-0.25, -0.2) is 0 Å². The molecular formula is C21H34O2. The van der Waals surface area contributed by atoms with Crippen LogP contribution in [0.25, 0.3) is 0 Å². The molecule has 0 aliphatic heterocycles. The minimum atomic E-state index is 0.231. The standard InChI is InChI=1S/C21H34O2/c1-3-5-7-8-9-10-11-12-15-18(14-6-4-2)21-19(22)16-13-17-20(21)23/h10-11,13,16-18,22-23H,3-9,12,14-15H2,1-2H3/b11-10-. The van der Waals surface area contributed by atoms with Gasteiger partial charge >= 0.3 is 0 Å². The zero-order chi connectivity index (χ0) is 16.9. The van der Waals surface area contributed by atoms with Gasteiger partial charge in [-0.2, -0.15) is 0 Å². The van der Waals surface area contributed by atoms with E-state index < -0.39 is 0 Å². The van der Waals surface area contributed by atoms with Gasteiger partial charge in [0.1, 0.15) is 11.5 Å². The van der Waals surface area contributed by atoms with E-state index in [1.165, 1.54) is 32.1 Å². The van der Waals surface area contributed by atoms with E-state index in [9.17, 15) is 10.2 Å². The normalized spacial score (nSPS) is 12.8. The van der Waals surface area contributed by atoms with Gasteiger partial charge in [0.25, 0.3) is 0 Å². The molecule has 2 nitrogen and oxygen atoms in total. The first-order valence-electron chi connectivity index (χ1n) is 9.36. The highest BCUT2D eigenvalue weighted by Gasteiger charge is 2.18. The molecule has 0 amide bonds. The topological polar surface area (TPSA) is 40.5 Å². The first-order chi connectivity index (χ1) is 11.2. The lowest BCUT2D eigenvalue weighted by Crippen LogP contribution is -2.00. The van der Waals surface area contributed by atoms with Crippen LogP contribution in [0.5, 0.6) is 11.5 Å². The van der Waals surface area contributed by atoms with Gasteiger partial charge in [0.15, 0.2) is 0 Å². The molecule has 0 saturated heterocycles. The Hall–Kier alpha value is -1.44. The van der Waals surface area contributed by atoms with Crippen molar-refractivity contribution in [3.63, 3.8) is 0 Å². The number of allylic oxidation sites excluding steroid dienone is 2. The molecule has 130 valence electrons. The average Bonchev–Trinajstić information content (AvgIpc) is 2.54. The van der Waals surface area contributed by atoms with E-state index in [0.717, 1.165) is 37.7 Å². The van der Waals surface area contributed by atoms with Crippen LogP contribution < -0.4 is 0 Å². The van der Waals surface area contributed by atoms with Crippen LogP contribution >= 0.6 is 0 Å². The molecule has 0 spiro atoms. The molecule has 2 heteroatoms. The highest BCUT2D eigenvalue weighted by Crippen LogP contribution is 2.39. The van der Waals surface area contributed by atoms with Crippen molar-refractivity contribution in [1.29, 1.82) is 0 Å². The van der Waals surface area contributed by atoms with Gasteiger partial charge in [0.2, 0.25) is 0 Å². The highest BCUT2D eigenvalue weighted by molar-refractivity contribution is 5.45. The minimum Gasteiger partial charge on any atom is -0.508 e. The lowest BCUT2D eigenvalue weighted by molar-refractivity contribution is 0.416. The Bertz CT molecular complexity index is 431. The van der Waals surface area contributed by atoms with Crippen LogP contribution in [-0.4, -0.2) is 10.2 Å². The van der Waals surface area contributed by atoms with Crippen LogP contribution in [0.3, 0.4) is 0 Å². The number of unbranched alkanes of at least 4 members (excludes halogenated alkanes) is 5. The van der Waals surface area contributed by atoms with Gasteiger partial charge in [-0.05, 0) is 50.2 Å². The summed E-state index contributed by atoms with van der Waals surface area (Å²) >= 11 is 0. The third-order valence-electron chi connectivity index (χ3n) is 4.45. The summed E-state index contributed by atoms with van der Waals surface area (Å²) in [5.41, 5.74) is 0.734. The van der Waals surface area contributed by atoms with E-state index in [0.29, 0.717) is 0 Å². The Labute approximate surface area is 142 Å². The Morgan fingerprint density at radius 2 is 1.48 bits per heavy atom. The molecule has 2 N–H and O–H groups in total. The van der Waals surface area contributed by atoms with Gasteiger partial charge in [-0.15, -0.1) is 0 Å². The van der Waals surface area contributed by atoms with Crippen molar-refractivity contribution in [3.8, 4) is 11.5 Å². The summed E-state index contributed by atoms with van der Waals surface area (Å²) in [5, 5.41) is 20.2. The van der Waals surface area contributed by atoms with E-state index in [4.69, 9.17) is 0 Å². The summed E-state index contributed by atoms with van der Waals surface area (Å²) in [7, 11) is 0. The molecule has 0 bridgehead atoms.